The predicted octanol–water partition coefficient (Wildman–Crippen LogP) is 1.40. The quantitative estimate of drug-likeness (QED) is 0.541. The van der Waals surface area contributed by atoms with Gasteiger partial charge in [0, 0.05) is 30.2 Å². The molecule has 0 saturated carbocycles. The van der Waals surface area contributed by atoms with Crippen molar-refractivity contribution in [3.05, 3.63) is 70.9 Å². The summed E-state index contributed by atoms with van der Waals surface area (Å²) in [7, 11) is 0. The molecule has 0 aliphatic rings. The molecule has 0 unspecified atom stereocenters. The summed E-state index contributed by atoms with van der Waals surface area (Å²) in [6, 6.07) is 8.28. The normalized spacial score (nSPS) is 10.7. The number of rotatable bonds is 5. The van der Waals surface area contributed by atoms with Gasteiger partial charge >= 0.3 is 0 Å². The minimum atomic E-state index is -0.466. The Morgan fingerprint density at radius 3 is 2.93 bits per heavy atom. The van der Waals surface area contributed by atoms with E-state index in [9.17, 15) is 9.59 Å². The van der Waals surface area contributed by atoms with Crippen molar-refractivity contribution in [3.63, 3.8) is 0 Å². The van der Waals surface area contributed by atoms with E-state index in [1.165, 1.54) is 12.3 Å². The van der Waals surface area contributed by atoms with E-state index < -0.39 is 5.91 Å². The lowest BCUT2D eigenvalue weighted by molar-refractivity contribution is 0.0937. The van der Waals surface area contributed by atoms with Gasteiger partial charge in [-0.05, 0) is 24.3 Å². The number of aromatic nitrogens is 5. The molecule has 10 nitrogen and oxygen atoms in total. The average molecular weight is 364 g/mol. The number of H-pyrrole nitrogens is 1. The number of carbonyl (C=O) groups excluding carboxylic acids is 1. The molecule has 0 radical (unpaired) electrons. The number of nitrogens with one attached hydrogen (secondary N) is 2. The molecule has 134 valence electrons. The predicted molar refractivity (Wildman–Crippen MR) is 91.3 cm³/mol. The van der Waals surface area contributed by atoms with Gasteiger partial charge in [-0.15, -0.1) is 0 Å². The van der Waals surface area contributed by atoms with Gasteiger partial charge in [0.2, 0.25) is 11.7 Å². The minimum absolute atomic E-state index is 0.0222. The van der Waals surface area contributed by atoms with E-state index >= 15 is 0 Å². The van der Waals surface area contributed by atoms with E-state index in [0.717, 1.165) is 0 Å². The monoisotopic (exact) mass is 364 g/mol. The molecular weight excluding hydrogens is 352 g/mol. The summed E-state index contributed by atoms with van der Waals surface area (Å²) >= 11 is 0. The third kappa shape index (κ3) is 3.49. The molecule has 0 aliphatic heterocycles. The summed E-state index contributed by atoms with van der Waals surface area (Å²) < 4.78 is 10.2. The second-order valence-electron chi connectivity index (χ2n) is 5.43. The van der Waals surface area contributed by atoms with Crippen LogP contribution in [0.15, 0.2) is 62.8 Å². The Bertz CT molecular complexity index is 1130. The van der Waals surface area contributed by atoms with Crippen molar-refractivity contribution in [2.24, 2.45) is 0 Å². The van der Waals surface area contributed by atoms with E-state index in [-0.39, 0.29) is 35.1 Å². The maximum atomic E-state index is 12.2. The average Bonchev–Trinajstić information content (AvgIpc) is 3.37. The Kier molecular flexibility index (Phi) is 4.27. The standard InChI is InChI=1S/C17H12N6O4/c24-16-11(4-2-6-19-16)15-21-14(27-23-15)9-20-17(25)12-7-13(26-22-12)10-3-1-5-18-8-10/h1-8H,9H2,(H,19,24)(H,20,25). The summed E-state index contributed by atoms with van der Waals surface area (Å²) in [5.74, 6) is 0.252. The zero-order valence-corrected chi connectivity index (χ0v) is 13.7. The van der Waals surface area contributed by atoms with Crippen LogP contribution in [0.5, 0.6) is 0 Å². The SMILES string of the molecule is O=C(NCc1nc(-c2ccc[nH]c2=O)no1)c1cc(-c2cccnc2)on1. The molecule has 4 aromatic heterocycles. The lowest BCUT2D eigenvalue weighted by Gasteiger charge is -1.97. The van der Waals surface area contributed by atoms with Gasteiger partial charge in [-0.2, -0.15) is 4.98 Å². The maximum Gasteiger partial charge on any atom is 0.273 e. The molecule has 0 atom stereocenters. The molecule has 27 heavy (non-hydrogen) atoms. The van der Waals surface area contributed by atoms with Crippen LogP contribution in [0.1, 0.15) is 16.4 Å². The second-order valence-corrected chi connectivity index (χ2v) is 5.43. The number of hydrogen-bond acceptors (Lipinski definition) is 8. The molecule has 0 saturated heterocycles. The topological polar surface area (TPSA) is 140 Å². The number of aromatic amines is 1. The Labute approximate surface area is 151 Å². The van der Waals surface area contributed by atoms with E-state index in [1.54, 1.807) is 36.7 Å². The Morgan fingerprint density at radius 1 is 1.19 bits per heavy atom. The van der Waals surface area contributed by atoms with Crippen LogP contribution in [-0.2, 0) is 6.54 Å². The molecule has 0 aliphatic carbocycles. The van der Waals surface area contributed by atoms with Crippen molar-refractivity contribution < 1.29 is 13.8 Å². The van der Waals surface area contributed by atoms with Crippen molar-refractivity contribution in [3.8, 4) is 22.7 Å². The van der Waals surface area contributed by atoms with Gasteiger partial charge in [-0.25, -0.2) is 0 Å². The Hall–Kier alpha value is -4.08. The molecular formula is C17H12N6O4. The number of carbonyl (C=O) groups is 1. The third-order valence-electron chi connectivity index (χ3n) is 3.62. The smallest absolute Gasteiger partial charge is 0.273 e. The molecule has 0 spiro atoms. The fraction of sp³-hybridized carbons (Fsp3) is 0.0588. The van der Waals surface area contributed by atoms with Gasteiger partial charge in [0.25, 0.3) is 11.5 Å². The molecule has 0 aromatic carbocycles. The highest BCUT2D eigenvalue weighted by atomic mass is 16.5. The first-order valence-corrected chi connectivity index (χ1v) is 7.86. The van der Waals surface area contributed by atoms with Crippen LogP contribution in [0.4, 0.5) is 0 Å². The zero-order valence-electron chi connectivity index (χ0n) is 13.7. The van der Waals surface area contributed by atoms with Crippen LogP contribution >= 0.6 is 0 Å². The van der Waals surface area contributed by atoms with Crippen LogP contribution in [-0.4, -0.2) is 31.2 Å². The maximum absolute atomic E-state index is 12.2. The second kappa shape index (κ2) is 7.04. The highest BCUT2D eigenvalue weighted by Crippen LogP contribution is 2.18. The van der Waals surface area contributed by atoms with Gasteiger partial charge in [0.15, 0.2) is 11.5 Å². The van der Waals surface area contributed by atoms with E-state index in [4.69, 9.17) is 9.05 Å². The summed E-state index contributed by atoms with van der Waals surface area (Å²) in [6.07, 6.45) is 4.74. The Morgan fingerprint density at radius 2 is 2.11 bits per heavy atom. The van der Waals surface area contributed by atoms with Crippen molar-refractivity contribution in [1.29, 1.82) is 0 Å². The zero-order chi connectivity index (χ0) is 18.6. The number of amides is 1. The molecule has 4 heterocycles. The summed E-state index contributed by atoms with van der Waals surface area (Å²) in [5, 5.41) is 10.1. The van der Waals surface area contributed by atoms with E-state index in [0.29, 0.717) is 11.3 Å². The molecule has 0 fully saturated rings. The van der Waals surface area contributed by atoms with Crippen LogP contribution in [0.3, 0.4) is 0 Å². The molecule has 2 N–H and O–H groups in total. The summed E-state index contributed by atoms with van der Waals surface area (Å²) in [4.78, 5) is 34.5. The van der Waals surface area contributed by atoms with Gasteiger partial charge in [0.1, 0.15) is 0 Å². The molecule has 4 rings (SSSR count). The summed E-state index contributed by atoms with van der Waals surface area (Å²) in [6.45, 7) is -0.0222. The first kappa shape index (κ1) is 16.4. The molecule has 4 aromatic rings. The largest absolute Gasteiger partial charge is 0.355 e. The number of pyridine rings is 2. The lowest BCUT2D eigenvalue weighted by Crippen LogP contribution is -2.23. The summed E-state index contributed by atoms with van der Waals surface area (Å²) in [5.41, 5.74) is 0.752. The van der Waals surface area contributed by atoms with Crippen molar-refractivity contribution in [2.45, 2.75) is 6.54 Å². The van der Waals surface area contributed by atoms with Crippen molar-refractivity contribution in [1.82, 2.24) is 30.6 Å². The lowest BCUT2D eigenvalue weighted by atomic mass is 10.2. The van der Waals surface area contributed by atoms with Crippen LogP contribution in [0.25, 0.3) is 22.7 Å². The first-order chi connectivity index (χ1) is 13.2. The molecule has 1 amide bonds. The minimum Gasteiger partial charge on any atom is -0.355 e. The molecule has 10 heteroatoms. The van der Waals surface area contributed by atoms with E-state index in [1.807, 2.05) is 0 Å². The fourth-order valence-corrected chi connectivity index (χ4v) is 2.31. The third-order valence-corrected chi connectivity index (χ3v) is 3.62. The van der Waals surface area contributed by atoms with Crippen LogP contribution in [0.2, 0.25) is 0 Å². The van der Waals surface area contributed by atoms with Gasteiger partial charge in [0.05, 0.1) is 12.1 Å². The first-order valence-electron chi connectivity index (χ1n) is 7.86. The van der Waals surface area contributed by atoms with Crippen LogP contribution < -0.4 is 10.9 Å². The number of nitrogens with zero attached hydrogens (tertiary/aromatic N) is 4. The molecule has 0 bridgehead atoms. The highest BCUT2D eigenvalue weighted by Gasteiger charge is 2.16. The van der Waals surface area contributed by atoms with Crippen molar-refractivity contribution >= 4 is 5.91 Å². The van der Waals surface area contributed by atoms with Crippen molar-refractivity contribution in [2.75, 3.05) is 0 Å². The van der Waals surface area contributed by atoms with Gasteiger partial charge < -0.3 is 19.3 Å². The van der Waals surface area contributed by atoms with Gasteiger partial charge in [-0.1, -0.05) is 10.3 Å². The number of hydrogen-bond donors (Lipinski definition) is 2. The van der Waals surface area contributed by atoms with Crippen LogP contribution in [0, 0.1) is 0 Å². The highest BCUT2D eigenvalue weighted by molar-refractivity contribution is 5.92. The Balaban J connectivity index is 1.42. The fourth-order valence-electron chi connectivity index (χ4n) is 2.31. The van der Waals surface area contributed by atoms with E-state index in [2.05, 4.69) is 30.6 Å². The van der Waals surface area contributed by atoms with Gasteiger partial charge in [-0.3, -0.25) is 14.6 Å².